The zero-order valence-electron chi connectivity index (χ0n) is 8.81. The van der Waals surface area contributed by atoms with Crippen LogP contribution in [-0.4, -0.2) is 28.5 Å². The third-order valence-corrected chi connectivity index (χ3v) is 3.62. The molecule has 0 unspecified atom stereocenters. The van der Waals surface area contributed by atoms with Crippen molar-refractivity contribution in [2.75, 3.05) is 24.3 Å². The minimum Gasteiger partial charge on any atom is -0.378 e. The Morgan fingerprint density at radius 2 is 1.94 bits per heavy atom. The van der Waals surface area contributed by atoms with E-state index in [-0.39, 0.29) is 4.90 Å². The number of hydrogen-bond donors (Lipinski definition) is 2. The number of rotatable bonds is 1. The summed E-state index contributed by atoms with van der Waals surface area (Å²) in [4.78, 5) is 12.9. The molecule has 1 aromatic rings. The molecule has 0 spiro atoms. The summed E-state index contributed by atoms with van der Waals surface area (Å²) in [5.41, 5.74) is 1.05. The SMILES string of the molecule is CN(C)c1ccc2c(c1)S(=O)(=O)NC(=O)N2. The van der Waals surface area contributed by atoms with E-state index in [1.54, 1.807) is 17.0 Å². The van der Waals surface area contributed by atoms with Crippen molar-refractivity contribution in [3.8, 4) is 0 Å². The summed E-state index contributed by atoms with van der Waals surface area (Å²) in [6.07, 6.45) is 0. The second kappa shape index (κ2) is 3.38. The summed E-state index contributed by atoms with van der Waals surface area (Å²) in [5, 5.41) is 2.43. The van der Waals surface area contributed by atoms with Gasteiger partial charge in [0.1, 0.15) is 4.90 Å². The first-order valence-electron chi connectivity index (χ1n) is 4.55. The minimum atomic E-state index is -3.74. The third-order valence-electron chi connectivity index (χ3n) is 2.25. The van der Waals surface area contributed by atoms with E-state index in [1.807, 2.05) is 18.8 Å². The molecule has 6 nitrogen and oxygen atoms in total. The van der Waals surface area contributed by atoms with Gasteiger partial charge in [-0.3, -0.25) is 0 Å². The Hall–Kier alpha value is -1.76. The fourth-order valence-corrected chi connectivity index (χ4v) is 2.53. The van der Waals surface area contributed by atoms with Crippen LogP contribution in [0.15, 0.2) is 23.1 Å². The number of carbonyl (C=O) groups excluding carboxylic acids is 1. The molecule has 0 saturated heterocycles. The summed E-state index contributed by atoms with van der Waals surface area (Å²) < 4.78 is 25.2. The number of amides is 2. The number of nitrogens with one attached hydrogen (secondary N) is 2. The Morgan fingerprint density at radius 1 is 1.25 bits per heavy atom. The van der Waals surface area contributed by atoms with Crippen molar-refractivity contribution >= 4 is 27.4 Å². The van der Waals surface area contributed by atoms with Crippen molar-refractivity contribution in [1.29, 1.82) is 0 Å². The van der Waals surface area contributed by atoms with Gasteiger partial charge in [0.15, 0.2) is 0 Å². The lowest BCUT2D eigenvalue weighted by Gasteiger charge is -2.21. The lowest BCUT2D eigenvalue weighted by atomic mass is 10.2. The summed E-state index contributed by atoms with van der Waals surface area (Å²) in [6, 6.07) is 4.09. The molecule has 2 rings (SSSR count). The first-order chi connectivity index (χ1) is 7.40. The van der Waals surface area contributed by atoms with Gasteiger partial charge in [-0.25, -0.2) is 17.9 Å². The van der Waals surface area contributed by atoms with Gasteiger partial charge in [-0.05, 0) is 18.2 Å². The van der Waals surface area contributed by atoms with Gasteiger partial charge in [-0.1, -0.05) is 0 Å². The van der Waals surface area contributed by atoms with Crippen LogP contribution in [0.4, 0.5) is 16.2 Å². The maximum Gasteiger partial charge on any atom is 0.333 e. The van der Waals surface area contributed by atoms with E-state index in [1.165, 1.54) is 6.07 Å². The van der Waals surface area contributed by atoms with E-state index in [0.717, 1.165) is 5.69 Å². The first kappa shape index (κ1) is 10.7. The van der Waals surface area contributed by atoms with E-state index in [2.05, 4.69) is 5.32 Å². The zero-order chi connectivity index (χ0) is 11.9. The Labute approximate surface area is 93.3 Å². The lowest BCUT2D eigenvalue weighted by molar-refractivity contribution is 0.256. The van der Waals surface area contributed by atoms with Gasteiger partial charge >= 0.3 is 6.03 Å². The molecule has 0 radical (unpaired) electrons. The van der Waals surface area contributed by atoms with E-state index < -0.39 is 16.1 Å². The van der Waals surface area contributed by atoms with Gasteiger partial charge < -0.3 is 10.2 Å². The molecule has 2 amide bonds. The van der Waals surface area contributed by atoms with E-state index in [4.69, 9.17) is 0 Å². The molecule has 0 aromatic heterocycles. The standard InChI is InChI=1S/C9H11N3O3S/c1-12(2)6-3-4-7-8(5-6)16(14,15)11-9(13)10-7/h3-5H,1-2H3,(H2,10,11,13). The van der Waals surface area contributed by atoms with Crippen molar-refractivity contribution < 1.29 is 13.2 Å². The molecule has 0 bridgehead atoms. The number of benzene rings is 1. The third kappa shape index (κ3) is 1.69. The molecular formula is C9H11N3O3S. The molecule has 1 aromatic carbocycles. The zero-order valence-corrected chi connectivity index (χ0v) is 9.63. The molecular weight excluding hydrogens is 230 g/mol. The predicted molar refractivity (Wildman–Crippen MR) is 60.1 cm³/mol. The van der Waals surface area contributed by atoms with Crippen LogP contribution in [0.3, 0.4) is 0 Å². The van der Waals surface area contributed by atoms with Crippen molar-refractivity contribution in [3.63, 3.8) is 0 Å². The molecule has 0 aliphatic carbocycles. The highest BCUT2D eigenvalue weighted by atomic mass is 32.2. The topological polar surface area (TPSA) is 78.5 Å². The minimum absolute atomic E-state index is 0.0818. The van der Waals surface area contributed by atoms with Crippen molar-refractivity contribution in [3.05, 3.63) is 18.2 Å². The highest BCUT2D eigenvalue weighted by Gasteiger charge is 2.27. The lowest BCUT2D eigenvalue weighted by Crippen LogP contribution is -2.39. The fourth-order valence-electron chi connectivity index (χ4n) is 1.44. The van der Waals surface area contributed by atoms with Gasteiger partial charge in [0.05, 0.1) is 5.69 Å². The van der Waals surface area contributed by atoms with Gasteiger partial charge in [0.25, 0.3) is 10.0 Å². The maximum atomic E-state index is 11.7. The normalized spacial score (nSPS) is 17.0. The number of hydrogen-bond acceptors (Lipinski definition) is 4. The smallest absolute Gasteiger partial charge is 0.333 e. The molecule has 1 aliphatic heterocycles. The van der Waals surface area contributed by atoms with Crippen molar-refractivity contribution in [2.24, 2.45) is 0 Å². The van der Waals surface area contributed by atoms with Gasteiger partial charge in [0.2, 0.25) is 0 Å². The largest absolute Gasteiger partial charge is 0.378 e. The average Bonchev–Trinajstić information content (AvgIpc) is 2.15. The van der Waals surface area contributed by atoms with E-state index in [9.17, 15) is 13.2 Å². The maximum absolute atomic E-state index is 11.7. The number of sulfonamides is 1. The Bertz CT molecular complexity index is 551. The summed E-state index contributed by atoms with van der Waals surface area (Å²) in [6.45, 7) is 0. The van der Waals surface area contributed by atoms with Crippen LogP contribution < -0.4 is 14.9 Å². The molecule has 0 saturated carbocycles. The van der Waals surface area contributed by atoms with Crippen LogP contribution in [0.2, 0.25) is 0 Å². The van der Waals surface area contributed by atoms with Crippen LogP contribution in [0.5, 0.6) is 0 Å². The second-order valence-electron chi connectivity index (χ2n) is 3.63. The Kier molecular flexibility index (Phi) is 2.27. The molecule has 2 N–H and O–H groups in total. The average molecular weight is 241 g/mol. The summed E-state index contributed by atoms with van der Waals surface area (Å²) in [5.74, 6) is 0. The van der Waals surface area contributed by atoms with Crippen molar-refractivity contribution in [2.45, 2.75) is 4.90 Å². The highest BCUT2D eigenvalue weighted by molar-refractivity contribution is 7.90. The molecule has 7 heteroatoms. The van der Waals surface area contributed by atoms with Gasteiger partial charge in [-0.15, -0.1) is 0 Å². The number of urea groups is 1. The molecule has 0 fully saturated rings. The number of carbonyl (C=O) groups is 1. The molecule has 16 heavy (non-hydrogen) atoms. The van der Waals surface area contributed by atoms with Crippen LogP contribution in [0.25, 0.3) is 0 Å². The highest BCUT2D eigenvalue weighted by Crippen LogP contribution is 2.28. The Morgan fingerprint density at radius 3 is 2.56 bits per heavy atom. The number of nitrogens with zero attached hydrogens (tertiary/aromatic N) is 1. The molecule has 0 atom stereocenters. The van der Waals surface area contributed by atoms with Crippen LogP contribution in [-0.2, 0) is 10.0 Å². The van der Waals surface area contributed by atoms with Gasteiger partial charge in [-0.2, -0.15) is 0 Å². The first-order valence-corrected chi connectivity index (χ1v) is 6.03. The van der Waals surface area contributed by atoms with Crippen LogP contribution in [0.1, 0.15) is 0 Å². The van der Waals surface area contributed by atoms with E-state index in [0.29, 0.717) is 5.69 Å². The van der Waals surface area contributed by atoms with Crippen LogP contribution in [0, 0.1) is 0 Å². The monoisotopic (exact) mass is 241 g/mol. The van der Waals surface area contributed by atoms with Crippen LogP contribution >= 0.6 is 0 Å². The molecule has 86 valence electrons. The fraction of sp³-hybridized carbons (Fsp3) is 0.222. The Balaban J connectivity index is 2.62. The predicted octanol–water partition coefficient (Wildman–Crippen LogP) is 0.576. The quantitative estimate of drug-likeness (QED) is 0.753. The summed E-state index contributed by atoms with van der Waals surface area (Å²) >= 11 is 0. The number of fused-ring (bicyclic) bond motifs is 1. The van der Waals surface area contributed by atoms with Crippen molar-refractivity contribution in [1.82, 2.24) is 4.72 Å². The molecule has 1 aliphatic rings. The van der Waals surface area contributed by atoms with E-state index >= 15 is 0 Å². The summed E-state index contributed by atoms with van der Waals surface area (Å²) in [7, 11) is -0.119. The van der Waals surface area contributed by atoms with Gasteiger partial charge in [0, 0.05) is 19.8 Å². The second-order valence-corrected chi connectivity index (χ2v) is 5.29. The molecule has 1 heterocycles. The number of anilines is 2.